The van der Waals surface area contributed by atoms with Crippen molar-refractivity contribution in [3.05, 3.63) is 53.3 Å². The van der Waals surface area contributed by atoms with Gasteiger partial charge in [0.2, 0.25) is 0 Å². The molecule has 1 aromatic heterocycles. The summed E-state index contributed by atoms with van der Waals surface area (Å²) in [5, 5.41) is 12.1. The minimum atomic E-state index is -4.60. The number of carbonyl (C=O) groups excluding carboxylic acids is 1. The largest absolute Gasteiger partial charge is 0.489 e. The molecule has 1 aromatic carbocycles. The predicted molar refractivity (Wildman–Crippen MR) is 104 cm³/mol. The van der Waals surface area contributed by atoms with E-state index in [1.54, 1.807) is 0 Å². The Kier molecular flexibility index (Phi) is 5.97. The number of aliphatic hydroxyl groups is 1. The van der Waals surface area contributed by atoms with Crippen molar-refractivity contribution < 1.29 is 27.8 Å². The maximum atomic E-state index is 13.1. The predicted octanol–water partition coefficient (Wildman–Crippen LogP) is 2.32. The van der Waals surface area contributed by atoms with Crippen LogP contribution in [0.15, 0.2) is 41.5 Å². The number of nitrogens with zero attached hydrogens (tertiary/aromatic N) is 2. The van der Waals surface area contributed by atoms with E-state index in [2.05, 4.69) is 15.3 Å². The number of pyridine rings is 1. The second kappa shape index (κ2) is 8.31. The van der Waals surface area contributed by atoms with Crippen LogP contribution in [0.3, 0.4) is 0 Å². The van der Waals surface area contributed by atoms with Crippen LogP contribution in [0.1, 0.15) is 29.7 Å². The number of rotatable bonds is 7. The van der Waals surface area contributed by atoms with Gasteiger partial charge in [-0.15, -0.1) is 0 Å². The van der Waals surface area contributed by atoms with Crippen molar-refractivity contribution >= 4 is 17.3 Å². The lowest BCUT2D eigenvalue weighted by atomic mass is 10.1. The van der Waals surface area contributed by atoms with E-state index in [1.807, 2.05) is 0 Å². The lowest BCUT2D eigenvalue weighted by molar-refractivity contribution is -0.142. The fourth-order valence-electron chi connectivity index (χ4n) is 2.92. The van der Waals surface area contributed by atoms with Crippen molar-refractivity contribution in [2.24, 2.45) is 4.99 Å². The first-order chi connectivity index (χ1) is 14.2. The highest BCUT2D eigenvalue weighted by atomic mass is 19.4. The number of benzene rings is 1. The van der Waals surface area contributed by atoms with Crippen molar-refractivity contribution in [3.8, 4) is 5.75 Å². The number of ether oxygens (including phenoxy) is 1. The molecule has 160 valence electrons. The molecule has 0 spiro atoms. The fraction of sp³-hybridized carbons (Fsp3) is 0.350. The topological polar surface area (TPSA) is 110 Å². The number of alkyl halides is 3. The van der Waals surface area contributed by atoms with Gasteiger partial charge in [-0.25, -0.2) is 0 Å². The molecule has 1 saturated carbocycles. The van der Waals surface area contributed by atoms with E-state index < -0.39 is 23.3 Å². The zero-order valence-electron chi connectivity index (χ0n) is 16.2. The number of hydrogen-bond donors (Lipinski definition) is 3. The Hall–Kier alpha value is -3.14. The van der Waals surface area contributed by atoms with E-state index in [0.717, 1.165) is 6.20 Å². The molecule has 1 amide bonds. The quantitative estimate of drug-likeness (QED) is 0.469. The van der Waals surface area contributed by atoms with Gasteiger partial charge in [-0.2, -0.15) is 13.2 Å². The normalized spacial score (nSPS) is 15.6. The maximum absolute atomic E-state index is 13.1. The van der Waals surface area contributed by atoms with E-state index in [-0.39, 0.29) is 41.5 Å². The summed E-state index contributed by atoms with van der Waals surface area (Å²) in [6, 6.07) is 7.09. The number of halogens is 3. The Morgan fingerprint density at radius 2 is 2.10 bits per heavy atom. The number of aromatic nitrogens is 1. The summed E-state index contributed by atoms with van der Waals surface area (Å²) in [6.07, 6.45) is -2.21. The van der Waals surface area contributed by atoms with E-state index in [1.165, 1.54) is 37.4 Å². The Morgan fingerprint density at radius 3 is 2.70 bits per heavy atom. The van der Waals surface area contributed by atoms with Crippen LogP contribution in [0, 0.1) is 0 Å². The molecule has 3 rings (SSSR count). The van der Waals surface area contributed by atoms with Crippen LogP contribution < -0.4 is 15.8 Å². The molecule has 0 atom stereocenters. The molecule has 1 aliphatic rings. The number of carbonyl (C=O) groups is 1. The Balaban J connectivity index is 1.79. The molecule has 0 saturated heterocycles. The lowest BCUT2D eigenvalue weighted by Crippen LogP contribution is -2.43. The summed E-state index contributed by atoms with van der Waals surface area (Å²) in [4.78, 5) is 20.0. The number of nitrogens with two attached hydrogens (primary N) is 1. The molecular formula is C20H21F3N4O3. The second-order valence-corrected chi connectivity index (χ2v) is 7.01. The monoisotopic (exact) mass is 422 g/mol. The van der Waals surface area contributed by atoms with Crippen LogP contribution >= 0.6 is 0 Å². The lowest BCUT2D eigenvalue weighted by Gasteiger charge is -2.17. The number of nitrogens with one attached hydrogen (secondary N) is 1. The van der Waals surface area contributed by atoms with Gasteiger partial charge in [-0.05, 0) is 37.1 Å². The fourth-order valence-corrected chi connectivity index (χ4v) is 2.92. The van der Waals surface area contributed by atoms with Gasteiger partial charge in [0.15, 0.2) is 5.69 Å². The summed E-state index contributed by atoms with van der Waals surface area (Å²) >= 11 is 0. The van der Waals surface area contributed by atoms with E-state index in [4.69, 9.17) is 10.5 Å². The van der Waals surface area contributed by atoms with Crippen LogP contribution in [0.5, 0.6) is 5.75 Å². The molecular weight excluding hydrogens is 401 g/mol. The van der Waals surface area contributed by atoms with Crippen LogP contribution in [0.4, 0.5) is 18.9 Å². The molecule has 30 heavy (non-hydrogen) atoms. The third kappa shape index (κ3) is 4.70. The van der Waals surface area contributed by atoms with Gasteiger partial charge < -0.3 is 20.9 Å². The third-order valence-corrected chi connectivity index (χ3v) is 4.81. The molecule has 0 radical (unpaired) electrons. The highest BCUT2D eigenvalue weighted by Crippen LogP contribution is 2.35. The zero-order chi connectivity index (χ0) is 21.9. The van der Waals surface area contributed by atoms with Gasteiger partial charge in [-0.3, -0.25) is 14.8 Å². The molecule has 0 bridgehead atoms. The SMILES string of the molecule is CN=C(C(=O)NC1(CO)CC1)c1cc(OCc2cccnc2C(F)(F)F)ccc1N. The summed E-state index contributed by atoms with van der Waals surface area (Å²) in [5.74, 6) is -0.284. The summed E-state index contributed by atoms with van der Waals surface area (Å²) in [6.45, 7) is -0.550. The molecule has 1 heterocycles. The van der Waals surface area contributed by atoms with Crippen molar-refractivity contribution in [3.63, 3.8) is 0 Å². The molecule has 0 unspecified atom stereocenters. The number of anilines is 1. The van der Waals surface area contributed by atoms with Gasteiger partial charge in [0.05, 0.1) is 12.1 Å². The summed E-state index contributed by atoms with van der Waals surface area (Å²) in [5.41, 5.74) is 4.78. The van der Waals surface area contributed by atoms with E-state index in [9.17, 15) is 23.1 Å². The third-order valence-electron chi connectivity index (χ3n) is 4.81. The molecule has 1 fully saturated rings. The van der Waals surface area contributed by atoms with Crippen molar-refractivity contribution in [1.82, 2.24) is 10.3 Å². The first kappa shape index (κ1) is 21.6. The smallest absolute Gasteiger partial charge is 0.433 e. The average molecular weight is 422 g/mol. The molecule has 10 heteroatoms. The number of aliphatic imine (C=N–C) groups is 1. The average Bonchev–Trinajstić information content (AvgIpc) is 3.48. The summed E-state index contributed by atoms with van der Waals surface area (Å²) in [7, 11) is 1.42. The van der Waals surface area contributed by atoms with Crippen LogP contribution in [0.25, 0.3) is 0 Å². The number of hydrogen-bond acceptors (Lipinski definition) is 6. The van der Waals surface area contributed by atoms with E-state index in [0.29, 0.717) is 12.8 Å². The maximum Gasteiger partial charge on any atom is 0.433 e. The molecule has 2 aromatic rings. The van der Waals surface area contributed by atoms with E-state index >= 15 is 0 Å². The van der Waals surface area contributed by atoms with Crippen LogP contribution in [-0.2, 0) is 17.6 Å². The Morgan fingerprint density at radius 1 is 1.37 bits per heavy atom. The van der Waals surface area contributed by atoms with Crippen molar-refractivity contribution in [2.45, 2.75) is 31.2 Å². The Labute approximate surface area is 170 Å². The molecule has 1 aliphatic carbocycles. The number of aliphatic hydroxyl groups excluding tert-OH is 1. The number of nitrogen functional groups attached to an aromatic ring is 1. The van der Waals surface area contributed by atoms with Crippen molar-refractivity contribution in [1.29, 1.82) is 0 Å². The molecule has 7 nitrogen and oxygen atoms in total. The van der Waals surface area contributed by atoms with Crippen LogP contribution in [-0.4, -0.2) is 40.9 Å². The standard InChI is InChI=1S/C20H21F3N4O3/c1-25-16(18(29)27-19(11-28)6-7-19)14-9-13(4-5-15(14)24)30-10-12-3-2-8-26-17(12)20(21,22)23/h2-5,8-9,28H,6-7,10-11,24H2,1H3,(H,27,29). The molecule has 0 aliphatic heterocycles. The highest BCUT2D eigenvalue weighted by molar-refractivity contribution is 6.46. The minimum Gasteiger partial charge on any atom is -0.489 e. The minimum absolute atomic E-state index is 0.0371. The van der Waals surface area contributed by atoms with Gasteiger partial charge in [-0.1, -0.05) is 6.07 Å². The summed E-state index contributed by atoms with van der Waals surface area (Å²) < 4.78 is 44.8. The van der Waals surface area contributed by atoms with Gasteiger partial charge >= 0.3 is 6.18 Å². The van der Waals surface area contributed by atoms with Gasteiger partial charge in [0, 0.05) is 30.1 Å². The second-order valence-electron chi connectivity index (χ2n) is 7.01. The Bertz CT molecular complexity index is 972. The molecule has 4 N–H and O–H groups in total. The van der Waals surface area contributed by atoms with Crippen LogP contribution in [0.2, 0.25) is 0 Å². The van der Waals surface area contributed by atoms with Gasteiger partial charge in [0.25, 0.3) is 5.91 Å². The first-order valence-electron chi connectivity index (χ1n) is 9.13. The first-order valence-corrected chi connectivity index (χ1v) is 9.13. The number of amides is 1. The zero-order valence-corrected chi connectivity index (χ0v) is 16.2. The highest BCUT2D eigenvalue weighted by Gasteiger charge is 2.44. The van der Waals surface area contributed by atoms with Crippen molar-refractivity contribution in [2.75, 3.05) is 19.4 Å². The van der Waals surface area contributed by atoms with Gasteiger partial charge in [0.1, 0.15) is 18.1 Å².